The van der Waals surface area contributed by atoms with E-state index in [9.17, 15) is 4.39 Å². The molecule has 5 aromatic rings. The third-order valence-electron chi connectivity index (χ3n) is 5.30. The molecule has 34 heavy (non-hydrogen) atoms. The van der Waals surface area contributed by atoms with Gasteiger partial charge in [-0.05, 0) is 35.6 Å². The largest absolute Gasteiger partial charge is 0.352 e. The second-order valence-electron chi connectivity index (χ2n) is 7.70. The molecular weight excluding hydrogens is 475 g/mol. The molecule has 0 spiro atoms. The van der Waals surface area contributed by atoms with E-state index in [1.807, 2.05) is 37.3 Å². The lowest BCUT2D eigenvalue weighted by Gasteiger charge is -2.13. The molecule has 0 amide bonds. The summed E-state index contributed by atoms with van der Waals surface area (Å²) in [5, 5.41) is 12.2. The standard InChI is InChI=1S/C23H20ClFN8S/c1-13(26)17-11-28-20(24)10-16(17)15-4-2-3-14-9-19(34-22(14)15)21-18(25)12-29-23(31-21)27-5-7-33-8-6-30-32-33/h2-4,6,8-13H,5,7,26H2,1H3,(H,27,29,31)/t13-/m1/s1. The number of nitrogens with one attached hydrogen (secondary N) is 1. The van der Waals surface area contributed by atoms with Crippen LogP contribution in [0, 0.1) is 5.82 Å². The molecular formula is C23H20ClFN8S. The van der Waals surface area contributed by atoms with Crippen molar-refractivity contribution in [2.75, 3.05) is 11.9 Å². The third-order valence-corrected chi connectivity index (χ3v) is 6.70. The number of nitrogens with two attached hydrogens (primary N) is 1. The molecule has 0 unspecified atom stereocenters. The van der Waals surface area contributed by atoms with Gasteiger partial charge in [0, 0.05) is 35.2 Å². The van der Waals surface area contributed by atoms with Gasteiger partial charge in [0.15, 0.2) is 5.82 Å². The lowest BCUT2D eigenvalue weighted by atomic mass is 9.97. The van der Waals surface area contributed by atoms with Gasteiger partial charge in [-0.25, -0.2) is 19.3 Å². The molecule has 0 saturated carbocycles. The van der Waals surface area contributed by atoms with Gasteiger partial charge in [-0.2, -0.15) is 0 Å². The fourth-order valence-corrected chi connectivity index (χ4v) is 5.02. The highest BCUT2D eigenvalue weighted by Gasteiger charge is 2.18. The second kappa shape index (κ2) is 9.41. The zero-order valence-electron chi connectivity index (χ0n) is 18.1. The summed E-state index contributed by atoms with van der Waals surface area (Å²) in [5.41, 5.74) is 9.19. The molecule has 8 nitrogen and oxygen atoms in total. The van der Waals surface area contributed by atoms with Crippen LogP contribution in [0.1, 0.15) is 18.5 Å². The van der Waals surface area contributed by atoms with Gasteiger partial charge >= 0.3 is 0 Å². The number of benzene rings is 1. The fourth-order valence-electron chi connectivity index (χ4n) is 3.69. The quantitative estimate of drug-likeness (QED) is 0.309. The summed E-state index contributed by atoms with van der Waals surface area (Å²) < 4.78 is 17.4. The number of hydrogen-bond donors (Lipinski definition) is 2. The van der Waals surface area contributed by atoms with E-state index in [1.54, 1.807) is 23.3 Å². The number of rotatable bonds is 7. The maximum atomic E-state index is 14.8. The number of fused-ring (bicyclic) bond motifs is 1. The Bertz CT molecular complexity index is 1450. The molecule has 3 N–H and O–H groups in total. The Labute approximate surface area is 203 Å². The van der Waals surface area contributed by atoms with Gasteiger partial charge < -0.3 is 11.1 Å². The van der Waals surface area contributed by atoms with Crippen molar-refractivity contribution in [3.8, 4) is 21.7 Å². The number of aromatic nitrogens is 6. The van der Waals surface area contributed by atoms with Crippen LogP contribution in [-0.2, 0) is 6.54 Å². The number of anilines is 1. The maximum absolute atomic E-state index is 14.8. The van der Waals surface area contributed by atoms with E-state index in [-0.39, 0.29) is 11.7 Å². The van der Waals surface area contributed by atoms with Crippen molar-refractivity contribution in [1.29, 1.82) is 0 Å². The number of nitrogens with zero attached hydrogens (tertiary/aromatic N) is 6. The summed E-state index contributed by atoms with van der Waals surface area (Å²) in [6.45, 7) is 3.01. The molecule has 4 heterocycles. The fraction of sp³-hybridized carbons (Fsp3) is 0.174. The van der Waals surface area contributed by atoms with Crippen molar-refractivity contribution >= 4 is 39.0 Å². The summed E-state index contributed by atoms with van der Waals surface area (Å²) >= 11 is 7.66. The zero-order chi connectivity index (χ0) is 23.7. The normalized spacial score (nSPS) is 12.2. The third kappa shape index (κ3) is 4.47. The molecule has 0 saturated heterocycles. The highest BCUT2D eigenvalue weighted by molar-refractivity contribution is 7.22. The van der Waals surface area contributed by atoms with Gasteiger partial charge in [-0.1, -0.05) is 35.0 Å². The van der Waals surface area contributed by atoms with Gasteiger partial charge in [0.1, 0.15) is 10.8 Å². The Kier molecular flexibility index (Phi) is 6.18. The average molecular weight is 495 g/mol. The van der Waals surface area contributed by atoms with Gasteiger partial charge in [0.2, 0.25) is 5.95 Å². The Morgan fingerprint density at radius 2 is 2.09 bits per heavy atom. The molecule has 11 heteroatoms. The van der Waals surface area contributed by atoms with Crippen LogP contribution in [0.15, 0.2) is 55.1 Å². The second-order valence-corrected chi connectivity index (χ2v) is 9.14. The highest BCUT2D eigenvalue weighted by atomic mass is 35.5. The predicted molar refractivity (Wildman–Crippen MR) is 132 cm³/mol. The Balaban J connectivity index is 1.51. The molecule has 0 bridgehead atoms. The van der Waals surface area contributed by atoms with Crippen LogP contribution in [-0.4, -0.2) is 36.5 Å². The molecule has 0 aliphatic rings. The molecule has 0 aliphatic carbocycles. The average Bonchev–Trinajstić information content (AvgIpc) is 3.49. The van der Waals surface area contributed by atoms with Crippen LogP contribution >= 0.6 is 22.9 Å². The van der Waals surface area contributed by atoms with E-state index in [2.05, 4.69) is 30.6 Å². The van der Waals surface area contributed by atoms with E-state index in [0.717, 1.165) is 26.8 Å². The monoisotopic (exact) mass is 494 g/mol. The van der Waals surface area contributed by atoms with Gasteiger partial charge in [0.05, 0.1) is 23.8 Å². The van der Waals surface area contributed by atoms with Crippen molar-refractivity contribution in [3.05, 3.63) is 71.7 Å². The van der Waals surface area contributed by atoms with Gasteiger partial charge in [-0.3, -0.25) is 4.68 Å². The van der Waals surface area contributed by atoms with Crippen molar-refractivity contribution < 1.29 is 4.39 Å². The molecule has 172 valence electrons. The van der Waals surface area contributed by atoms with Crippen molar-refractivity contribution in [3.63, 3.8) is 0 Å². The molecule has 0 radical (unpaired) electrons. The summed E-state index contributed by atoms with van der Waals surface area (Å²) in [6.07, 6.45) is 6.26. The Morgan fingerprint density at radius 1 is 1.21 bits per heavy atom. The molecule has 1 aromatic carbocycles. The van der Waals surface area contributed by atoms with Crippen LogP contribution < -0.4 is 11.1 Å². The molecule has 1 atom stereocenters. The van der Waals surface area contributed by atoms with Crippen LogP contribution in [0.2, 0.25) is 5.15 Å². The minimum absolute atomic E-state index is 0.222. The van der Waals surface area contributed by atoms with Crippen LogP contribution in [0.4, 0.5) is 10.3 Å². The summed E-state index contributed by atoms with van der Waals surface area (Å²) in [5.74, 6) is -0.146. The number of pyridine rings is 1. The predicted octanol–water partition coefficient (Wildman–Crippen LogP) is 4.94. The molecule has 4 aromatic heterocycles. The smallest absolute Gasteiger partial charge is 0.223 e. The molecule has 5 rings (SSSR count). The number of thiophene rings is 1. The Hall–Kier alpha value is -3.47. The molecule has 0 aliphatic heterocycles. The lowest BCUT2D eigenvalue weighted by Crippen LogP contribution is -2.13. The summed E-state index contributed by atoms with van der Waals surface area (Å²) in [4.78, 5) is 13.4. The lowest BCUT2D eigenvalue weighted by molar-refractivity contribution is 0.604. The minimum Gasteiger partial charge on any atom is -0.352 e. The van der Waals surface area contributed by atoms with Gasteiger partial charge in [-0.15, -0.1) is 16.4 Å². The van der Waals surface area contributed by atoms with Crippen LogP contribution in [0.3, 0.4) is 0 Å². The van der Waals surface area contributed by atoms with Crippen LogP contribution in [0.25, 0.3) is 31.8 Å². The summed E-state index contributed by atoms with van der Waals surface area (Å²) in [7, 11) is 0. The molecule has 0 fully saturated rings. The van der Waals surface area contributed by atoms with E-state index in [4.69, 9.17) is 17.3 Å². The zero-order valence-corrected chi connectivity index (χ0v) is 19.7. The van der Waals surface area contributed by atoms with Crippen molar-refractivity contribution in [1.82, 2.24) is 29.9 Å². The first-order valence-corrected chi connectivity index (χ1v) is 11.7. The highest BCUT2D eigenvalue weighted by Crippen LogP contribution is 2.41. The van der Waals surface area contributed by atoms with Gasteiger partial charge in [0.25, 0.3) is 0 Å². The van der Waals surface area contributed by atoms with Crippen molar-refractivity contribution in [2.24, 2.45) is 5.73 Å². The Morgan fingerprint density at radius 3 is 2.88 bits per heavy atom. The van der Waals surface area contributed by atoms with E-state index >= 15 is 0 Å². The number of hydrogen-bond acceptors (Lipinski definition) is 8. The first-order chi connectivity index (χ1) is 16.5. The van der Waals surface area contributed by atoms with E-state index < -0.39 is 5.82 Å². The number of halogens is 2. The van der Waals surface area contributed by atoms with Crippen molar-refractivity contribution in [2.45, 2.75) is 19.5 Å². The first kappa shape index (κ1) is 22.3. The van der Waals surface area contributed by atoms with E-state index in [0.29, 0.717) is 29.1 Å². The minimum atomic E-state index is -0.488. The SMILES string of the molecule is C[C@@H](N)c1cnc(Cl)cc1-c1cccc2cc(-c3nc(NCCn4ccnn4)ncc3F)sc12. The van der Waals surface area contributed by atoms with Crippen LogP contribution in [0.5, 0.6) is 0 Å². The summed E-state index contributed by atoms with van der Waals surface area (Å²) in [6, 6.07) is 9.48. The first-order valence-electron chi connectivity index (χ1n) is 10.5. The maximum Gasteiger partial charge on any atom is 0.223 e. The topological polar surface area (TPSA) is 107 Å². The van der Waals surface area contributed by atoms with E-state index in [1.165, 1.54) is 17.5 Å².